The Bertz CT molecular complexity index is 651. The van der Waals surface area contributed by atoms with Gasteiger partial charge in [0, 0.05) is 38.8 Å². The van der Waals surface area contributed by atoms with Gasteiger partial charge in [0.1, 0.15) is 0 Å². The predicted molar refractivity (Wildman–Crippen MR) is 102 cm³/mol. The van der Waals surface area contributed by atoms with Gasteiger partial charge in [0.25, 0.3) is 5.88 Å². The molecule has 0 bridgehead atoms. The third-order valence-corrected chi connectivity index (χ3v) is 4.76. The second-order valence-corrected chi connectivity index (χ2v) is 6.58. The first-order chi connectivity index (χ1) is 12.9. The Morgan fingerprint density at radius 2 is 1.96 bits per heavy atom. The number of piperidine rings is 1. The number of pyridine rings is 1. The Morgan fingerprint density at radius 3 is 2.81 bits per heavy atom. The average molecular weight is 356 g/mol. The maximum Gasteiger partial charge on any atom is 0.256 e. The lowest BCUT2D eigenvalue weighted by Crippen LogP contribution is -2.38. The van der Waals surface area contributed by atoms with E-state index in [0.717, 1.165) is 25.9 Å². The number of hydrogen-bond acceptors (Lipinski definition) is 5. The third-order valence-electron chi connectivity index (χ3n) is 4.76. The van der Waals surface area contributed by atoms with E-state index in [4.69, 9.17) is 14.2 Å². The Hall–Kier alpha value is -2.11. The summed E-state index contributed by atoms with van der Waals surface area (Å²) < 4.78 is 16.9. The number of rotatable bonds is 9. The molecule has 5 nitrogen and oxygen atoms in total. The summed E-state index contributed by atoms with van der Waals surface area (Å²) in [5.41, 5.74) is 1.39. The van der Waals surface area contributed by atoms with E-state index in [1.54, 1.807) is 13.3 Å². The van der Waals surface area contributed by atoms with Gasteiger partial charge in [0.05, 0.1) is 13.2 Å². The zero-order chi connectivity index (χ0) is 18.0. The number of benzene rings is 1. The second kappa shape index (κ2) is 10.1. The lowest BCUT2D eigenvalue weighted by Gasteiger charge is -2.32. The molecule has 1 fully saturated rings. The molecular formula is C21H28N2O3. The van der Waals surface area contributed by atoms with Crippen molar-refractivity contribution in [3.63, 3.8) is 0 Å². The van der Waals surface area contributed by atoms with Crippen LogP contribution >= 0.6 is 0 Å². The number of nitrogens with one attached hydrogen (secondary N) is 1. The van der Waals surface area contributed by atoms with Crippen molar-refractivity contribution in [1.29, 1.82) is 0 Å². The molecule has 0 saturated carbocycles. The summed E-state index contributed by atoms with van der Waals surface area (Å²) in [5, 5.41) is 3.49. The molecule has 140 valence electrons. The summed E-state index contributed by atoms with van der Waals surface area (Å²) in [6.45, 7) is 3.90. The van der Waals surface area contributed by atoms with E-state index in [1.165, 1.54) is 5.56 Å². The van der Waals surface area contributed by atoms with Crippen LogP contribution in [0.3, 0.4) is 0 Å². The molecule has 1 aromatic carbocycles. The zero-order valence-electron chi connectivity index (χ0n) is 15.4. The molecule has 0 amide bonds. The minimum atomic E-state index is 0.424. The van der Waals surface area contributed by atoms with Gasteiger partial charge in [-0.25, -0.2) is 4.98 Å². The summed E-state index contributed by atoms with van der Waals surface area (Å²) in [5.74, 6) is 2.21. The number of aromatic nitrogens is 1. The Morgan fingerprint density at radius 1 is 1.08 bits per heavy atom. The summed E-state index contributed by atoms with van der Waals surface area (Å²) in [7, 11) is 1.69. The van der Waals surface area contributed by atoms with Crippen molar-refractivity contribution in [1.82, 2.24) is 10.3 Å². The Labute approximate surface area is 155 Å². The molecule has 3 rings (SSSR count). The highest BCUT2D eigenvalue weighted by molar-refractivity contribution is 5.32. The fraction of sp³-hybridized carbons (Fsp3) is 0.476. The molecule has 0 aliphatic carbocycles. The maximum absolute atomic E-state index is 6.13. The molecule has 5 heteroatoms. The van der Waals surface area contributed by atoms with Crippen molar-refractivity contribution in [2.75, 3.05) is 40.0 Å². The van der Waals surface area contributed by atoms with Gasteiger partial charge >= 0.3 is 0 Å². The first-order valence-corrected chi connectivity index (χ1v) is 9.33. The molecule has 0 radical (unpaired) electrons. The van der Waals surface area contributed by atoms with Crippen molar-refractivity contribution in [3.8, 4) is 11.6 Å². The third kappa shape index (κ3) is 5.19. The molecule has 1 aliphatic heterocycles. The van der Waals surface area contributed by atoms with Gasteiger partial charge in [-0.3, -0.25) is 0 Å². The fourth-order valence-electron chi connectivity index (χ4n) is 3.40. The van der Waals surface area contributed by atoms with E-state index < -0.39 is 0 Å². The molecule has 0 unspecified atom stereocenters. The number of ether oxygens (including phenoxy) is 3. The largest absolute Gasteiger partial charge is 0.488 e. The molecule has 0 spiro atoms. The van der Waals surface area contributed by atoms with Crippen LogP contribution in [0.5, 0.6) is 11.6 Å². The molecule has 1 N–H and O–H groups in total. The van der Waals surface area contributed by atoms with Crippen LogP contribution in [-0.4, -0.2) is 45.0 Å². The van der Waals surface area contributed by atoms with E-state index in [0.29, 0.717) is 43.3 Å². The summed E-state index contributed by atoms with van der Waals surface area (Å²) in [6.07, 6.45) is 3.69. The van der Waals surface area contributed by atoms with Gasteiger partial charge in [0.2, 0.25) is 0 Å². The van der Waals surface area contributed by atoms with Gasteiger partial charge in [0.15, 0.2) is 5.75 Å². The van der Waals surface area contributed by atoms with E-state index in [9.17, 15) is 0 Å². The van der Waals surface area contributed by atoms with Crippen LogP contribution in [0.15, 0.2) is 48.7 Å². The summed E-state index contributed by atoms with van der Waals surface area (Å²) >= 11 is 0. The average Bonchev–Trinajstić information content (AvgIpc) is 2.71. The standard InChI is InChI=1S/C21H28N2O3/c1-24-13-6-14-25-21-20(9-5-11-23-21)26-16-18-15-22-12-10-19(18)17-7-3-2-4-8-17/h2-5,7-9,11,18-19,22H,6,10,12-16H2,1H3/t18-,19-/m0/s1. The predicted octanol–water partition coefficient (Wildman–Crippen LogP) is 3.27. The summed E-state index contributed by atoms with van der Waals surface area (Å²) in [4.78, 5) is 4.31. The first kappa shape index (κ1) is 18.7. The van der Waals surface area contributed by atoms with E-state index in [1.807, 2.05) is 12.1 Å². The minimum Gasteiger partial charge on any atom is -0.488 e. The van der Waals surface area contributed by atoms with Gasteiger partial charge in [-0.15, -0.1) is 0 Å². The molecule has 2 heterocycles. The molecule has 1 aromatic heterocycles. The zero-order valence-corrected chi connectivity index (χ0v) is 15.4. The van der Waals surface area contributed by atoms with Crippen LogP contribution in [0.2, 0.25) is 0 Å². The summed E-state index contributed by atoms with van der Waals surface area (Å²) in [6, 6.07) is 14.5. The molecule has 2 atom stereocenters. The quantitative estimate of drug-likeness (QED) is 0.699. The fourth-order valence-corrected chi connectivity index (χ4v) is 3.40. The van der Waals surface area contributed by atoms with Gasteiger partial charge in [-0.05, 0) is 36.6 Å². The van der Waals surface area contributed by atoms with Gasteiger partial charge in [-0.1, -0.05) is 30.3 Å². The lowest BCUT2D eigenvalue weighted by atomic mass is 9.81. The molecule has 2 aromatic rings. The Balaban J connectivity index is 1.60. The van der Waals surface area contributed by atoms with Crippen molar-refractivity contribution in [2.24, 2.45) is 5.92 Å². The van der Waals surface area contributed by atoms with E-state index in [-0.39, 0.29) is 0 Å². The second-order valence-electron chi connectivity index (χ2n) is 6.58. The van der Waals surface area contributed by atoms with Crippen LogP contribution in [0, 0.1) is 5.92 Å². The van der Waals surface area contributed by atoms with Crippen molar-refractivity contribution < 1.29 is 14.2 Å². The van der Waals surface area contributed by atoms with Crippen LogP contribution in [0.25, 0.3) is 0 Å². The van der Waals surface area contributed by atoms with E-state index in [2.05, 4.69) is 40.6 Å². The Kier molecular flexibility index (Phi) is 7.28. The van der Waals surface area contributed by atoms with Crippen LogP contribution < -0.4 is 14.8 Å². The topological polar surface area (TPSA) is 52.6 Å². The van der Waals surface area contributed by atoms with Crippen molar-refractivity contribution >= 4 is 0 Å². The highest BCUT2D eigenvalue weighted by Gasteiger charge is 2.27. The first-order valence-electron chi connectivity index (χ1n) is 9.33. The normalized spacial score (nSPS) is 19.9. The number of hydrogen-bond donors (Lipinski definition) is 1. The van der Waals surface area contributed by atoms with E-state index >= 15 is 0 Å². The van der Waals surface area contributed by atoms with Crippen LogP contribution in [0.1, 0.15) is 24.3 Å². The van der Waals surface area contributed by atoms with Crippen LogP contribution in [-0.2, 0) is 4.74 Å². The monoisotopic (exact) mass is 356 g/mol. The smallest absolute Gasteiger partial charge is 0.256 e. The molecular weight excluding hydrogens is 328 g/mol. The van der Waals surface area contributed by atoms with Crippen LogP contribution in [0.4, 0.5) is 0 Å². The van der Waals surface area contributed by atoms with Crippen molar-refractivity contribution in [2.45, 2.75) is 18.8 Å². The number of nitrogens with zero attached hydrogens (tertiary/aromatic N) is 1. The minimum absolute atomic E-state index is 0.424. The molecule has 1 aliphatic rings. The maximum atomic E-state index is 6.13. The number of methoxy groups -OCH3 is 1. The molecule has 26 heavy (non-hydrogen) atoms. The molecule has 1 saturated heterocycles. The highest BCUT2D eigenvalue weighted by Crippen LogP contribution is 2.32. The SMILES string of the molecule is COCCCOc1ncccc1OC[C@@H]1CNCC[C@H]1c1ccccc1. The highest BCUT2D eigenvalue weighted by atomic mass is 16.5. The van der Waals surface area contributed by atoms with Crippen molar-refractivity contribution in [3.05, 3.63) is 54.2 Å². The van der Waals surface area contributed by atoms with Gasteiger partial charge in [-0.2, -0.15) is 0 Å². The van der Waals surface area contributed by atoms with Gasteiger partial charge < -0.3 is 19.5 Å². The lowest BCUT2D eigenvalue weighted by molar-refractivity contribution is 0.162.